The standard InChI is InChI=1S/C16H18N5O2/c1-16(2,3)23-14(22)11-20-7-4-12(5-8-20)15-18-13-10-17-6-9-21(13)19-15/h4-10H,11H2,1-3H3/q+1. The van der Waals surface area contributed by atoms with Gasteiger partial charge < -0.3 is 4.74 Å². The van der Waals surface area contributed by atoms with Gasteiger partial charge in [-0.2, -0.15) is 4.57 Å². The average Bonchev–Trinajstić information content (AvgIpc) is 2.89. The van der Waals surface area contributed by atoms with Crippen molar-refractivity contribution in [1.29, 1.82) is 0 Å². The Morgan fingerprint density at radius 3 is 2.70 bits per heavy atom. The normalized spacial score (nSPS) is 11.6. The van der Waals surface area contributed by atoms with Crippen LogP contribution in [0.4, 0.5) is 0 Å². The van der Waals surface area contributed by atoms with Gasteiger partial charge >= 0.3 is 5.97 Å². The van der Waals surface area contributed by atoms with E-state index in [1.165, 1.54) is 0 Å². The number of nitrogens with zero attached hydrogens (tertiary/aromatic N) is 5. The van der Waals surface area contributed by atoms with Crippen molar-refractivity contribution in [2.75, 3.05) is 0 Å². The third-order valence-electron chi connectivity index (χ3n) is 3.02. The highest BCUT2D eigenvalue weighted by atomic mass is 16.6. The van der Waals surface area contributed by atoms with Crippen LogP contribution in [0.15, 0.2) is 43.1 Å². The monoisotopic (exact) mass is 312 g/mol. The van der Waals surface area contributed by atoms with E-state index in [1.54, 1.807) is 27.7 Å². The van der Waals surface area contributed by atoms with Crippen molar-refractivity contribution in [1.82, 2.24) is 19.6 Å². The molecule has 0 fully saturated rings. The van der Waals surface area contributed by atoms with Crippen molar-refractivity contribution in [2.24, 2.45) is 0 Å². The zero-order valence-corrected chi connectivity index (χ0v) is 13.3. The van der Waals surface area contributed by atoms with Gasteiger partial charge in [-0.25, -0.2) is 14.3 Å². The molecule has 0 spiro atoms. The number of carbonyl (C=O) groups is 1. The van der Waals surface area contributed by atoms with Gasteiger partial charge in [0.25, 0.3) is 0 Å². The van der Waals surface area contributed by atoms with Crippen molar-refractivity contribution in [3.05, 3.63) is 43.1 Å². The third-order valence-corrected chi connectivity index (χ3v) is 3.02. The highest BCUT2D eigenvalue weighted by Crippen LogP contribution is 2.13. The van der Waals surface area contributed by atoms with Gasteiger partial charge in [0.05, 0.1) is 6.20 Å². The molecule has 0 atom stereocenters. The lowest BCUT2D eigenvalue weighted by atomic mass is 10.2. The molecule has 0 saturated carbocycles. The fourth-order valence-electron chi connectivity index (χ4n) is 2.10. The molecule has 7 nitrogen and oxygen atoms in total. The van der Waals surface area contributed by atoms with E-state index in [-0.39, 0.29) is 12.5 Å². The number of esters is 1. The molecule has 0 N–H and O–H groups in total. The van der Waals surface area contributed by atoms with Crippen LogP contribution in [0.3, 0.4) is 0 Å². The molecule has 0 unspecified atom stereocenters. The number of pyridine rings is 1. The number of fused-ring (bicyclic) bond motifs is 1. The Morgan fingerprint density at radius 2 is 2.04 bits per heavy atom. The molecular weight excluding hydrogens is 294 g/mol. The maximum Gasteiger partial charge on any atom is 0.373 e. The van der Waals surface area contributed by atoms with Crippen LogP contribution >= 0.6 is 0 Å². The molecule has 7 heteroatoms. The summed E-state index contributed by atoms with van der Waals surface area (Å²) in [4.78, 5) is 20.2. The second-order valence-electron chi connectivity index (χ2n) is 6.16. The minimum Gasteiger partial charge on any atom is -0.455 e. The number of aromatic nitrogens is 5. The summed E-state index contributed by atoms with van der Waals surface area (Å²) in [5, 5.41) is 4.39. The molecule has 0 aliphatic heterocycles. The van der Waals surface area contributed by atoms with E-state index in [1.807, 2.05) is 45.3 Å². The summed E-state index contributed by atoms with van der Waals surface area (Å²) in [7, 11) is 0. The lowest BCUT2D eigenvalue weighted by molar-refractivity contribution is -0.686. The smallest absolute Gasteiger partial charge is 0.373 e. The fraction of sp³-hybridized carbons (Fsp3) is 0.312. The van der Waals surface area contributed by atoms with Crippen LogP contribution in [-0.2, 0) is 16.1 Å². The average molecular weight is 312 g/mol. The molecule has 0 bridgehead atoms. The van der Waals surface area contributed by atoms with Gasteiger partial charge in [-0.05, 0) is 20.8 Å². The van der Waals surface area contributed by atoms with Crippen LogP contribution in [0.5, 0.6) is 0 Å². The summed E-state index contributed by atoms with van der Waals surface area (Å²) in [5.74, 6) is 0.342. The van der Waals surface area contributed by atoms with E-state index in [2.05, 4.69) is 15.1 Å². The molecule has 0 aliphatic rings. The Hall–Kier alpha value is -2.83. The first-order chi connectivity index (χ1) is 10.9. The molecule has 3 rings (SSSR count). The number of rotatable bonds is 3. The Kier molecular flexibility index (Phi) is 3.77. The van der Waals surface area contributed by atoms with E-state index in [0.717, 1.165) is 5.56 Å². The predicted octanol–water partition coefficient (Wildman–Crippen LogP) is 1.42. The number of hydrogen-bond acceptors (Lipinski definition) is 5. The Bertz CT molecular complexity index is 801. The Labute approximate surface area is 133 Å². The van der Waals surface area contributed by atoms with Crippen LogP contribution in [-0.4, -0.2) is 31.2 Å². The first kappa shape index (κ1) is 15.1. The van der Waals surface area contributed by atoms with Gasteiger partial charge in [0.2, 0.25) is 6.54 Å². The van der Waals surface area contributed by atoms with Gasteiger partial charge in [0, 0.05) is 30.1 Å². The van der Waals surface area contributed by atoms with E-state index >= 15 is 0 Å². The van der Waals surface area contributed by atoms with Gasteiger partial charge in [0.1, 0.15) is 5.60 Å². The minimum absolute atomic E-state index is 0.167. The zero-order chi connectivity index (χ0) is 16.4. The van der Waals surface area contributed by atoms with Crippen LogP contribution in [0.25, 0.3) is 17.0 Å². The molecule has 0 saturated heterocycles. The lowest BCUT2D eigenvalue weighted by Gasteiger charge is -2.18. The highest BCUT2D eigenvalue weighted by Gasteiger charge is 2.19. The van der Waals surface area contributed by atoms with E-state index < -0.39 is 5.60 Å². The summed E-state index contributed by atoms with van der Waals surface area (Å²) in [6.07, 6.45) is 8.68. The second kappa shape index (κ2) is 5.75. The van der Waals surface area contributed by atoms with Crippen molar-refractivity contribution in [3.63, 3.8) is 0 Å². The van der Waals surface area contributed by atoms with Crippen molar-refractivity contribution in [3.8, 4) is 11.4 Å². The number of hydrogen-bond donors (Lipinski definition) is 0. The molecule has 0 radical (unpaired) electrons. The first-order valence-electron chi connectivity index (χ1n) is 7.28. The minimum atomic E-state index is -0.480. The molecule has 0 aromatic carbocycles. The van der Waals surface area contributed by atoms with Crippen LogP contribution in [0, 0.1) is 0 Å². The van der Waals surface area contributed by atoms with Crippen LogP contribution in [0.2, 0.25) is 0 Å². The molecule has 23 heavy (non-hydrogen) atoms. The molecule has 3 aromatic heterocycles. The topological polar surface area (TPSA) is 73.3 Å². The zero-order valence-electron chi connectivity index (χ0n) is 13.3. The maximum atomic E-state index is 11.8. The van der Waals surface area contributed by atoms with E-state index in [4.69, 9.17) is 4.74 Å². The van der Waals surface area contributed by atoms with E-state index in [0.29, 0.717) is 11.5 Å². The van der Waals surface area contributed by atoms with Crippen LogP contribution in [0.1, 0.15) is 20.8 Å². The second-order valence-corrected chi connectivity index (χ2v) is 6.16. The summed E-state index contributed by atoms with van der Waals surface area (Å²) < 4.78 is 8.73. The Balaban J connectivity index is 1.75. The first-order valence-corrected chi connectivity index (χ1v) is 7.28. The van der Waals surface area contributed by atoms with E-state index in [9.17, 15) is 4.79 Å². The lowest BCUT2D eigenvalue weighted by Crippen LogP contribution is -2.40. The van der Waals surface area contributed by atoms with Crippen molar-refractivity contribution in [2.45, 2.75) is 32.9 Å². The third kappa shape index (κ3) is 3.68. The van der Waals surface area contributed by atoms with Gasteiger partial charge in [-0.1, -0.05) is 0 Å². The summed E-state index contributed by atoms with van der Waals surface area (Å²) in [6.45, 7) is 5.72. The van der Waals surface area contributed by atoms with Gasteiger partial charge in [0.15, 0.2) is 23.9 Å². The van der Waals surface area contributed by atoms with Crippen LogP contribution < -0.4 is 4.57 Å². The molecule has 3 aromatic rings. The SMILES string of the molecule is CC(C)(C)OC(=O)C[n+]1ccc(-c2nc3cnccn3n2)cc1. The van der Waals surface area contributed by atoms with Crippen molar-refractivity contribution >= 4 is 11.6 Å². The quantitative estimate of drug-likeness (QED) is 0.540. The predicted molar refractivity (Wildman–Crippen MR) is 82.3 cm³/mol. The largest absolute Gasteiger partial charge is 0.455 e. The Morgan fingerprint density at radius 1 is 1.30 bits per heavy atom. The molecule has 3 heterocycles. The molecular formula is C16H18N5O2+. The van der Waals surface area contributed by atoms with Gasteiger partial charge in [-0.15, -0.1) is 5.10 Å². The van der Waals surface area contributed by atoms with Gasteiger partial charge in [-0.3, -0.25) is 4.98 Å². The number of ether oxygens (including phenoxy) is 1. The fourth-order valence-corrected chi connectivity index (χ4v) is 2.10. The molecule has 118 valence electrons. The molecule has 0 amide bonds. The molecule has 0 aliphatic carbocycles. The number of carbonyl (C=O) groups excluding carboxylic acids is 1. The summed E-state index contributed by atoms with van der Waals surface area (Å²) >= 11 is 0. The summed E-state index contributed by atoms with van der Waals surface area (Å²) in [5.41, 5.74) is 1.08. The maximum absolute atomic E-state index is 11.8. The summed E-state index contributed by atoms with van der Waals surface area (Å²) in [6, 6.07) is 3.74. The highest BCUT2D eigenvalue weighted by molar-refractivity contribution is 5.68. The van der Waals surface area contributed by atoms with Crippen molar-refractivity contribution < 1.29 is 14.1 Å².